The molecule has 1 aromatic heterocycles. The van der Waals surface area contributed by atoms with Gasteiger partial charge in [0.2, 0.25) is 0 Å². The van der Waals surface area contributed by atoms with Gasteiger partial charge in [-0.2, -0.15) is 0 Å². The summed E-state index contributed by atoms with van der Waals surface area (Å²) in [6.07, 6.45) is 3.19. The number of nitrogens with zero attached hydrogens (tertiary/aromatic N) is 3. The van der Waals surface area contributed by atoms with Gasteiger partial charge in [0.1, 0.15) is 0 Å². The lowest BCUT2D eigenvalue weighted by Gasteiger charge is -2.39. The Morgan fingerprint density at radius 3 is 2.26 bits per heavy atom. The quantitative estimate of drug-likeness (QED) is 0.811. The zero-order valence-corrected chi connectivity index (χ0v) is 12.9. The van der Waals surface area contributed by atoms with E-state index in [1.807, 2.05) is 0 Å². The van der Waals surface area contributed by atoms with Crippen LogP contribution in [0, 0.1) is 0 Å². The SMILES string of the molecule is O=C(c1ccncc1)N1CCC(F)(C(=O)N2CCOCC2)CC1. The highest BCUT2D eigenvalue weighted by Crippen LogP contribution is 2.29. The Balaban J connectivity index is 1.61. The summed E-state index contributed by atoms with van der Waals surface area (Å²) in [5.41, 5.74) is -1.34. The molecule has 0 radical (unpaired) electrons. The third-order valence-corrected chi connectivity index (χ3v) is 4.45. The van der Waals surface area contributed by atoms with Gasteiger partial charge in [0, 0.05) is 57.0 Å². The summed E-state index contributed by atoms with van der Waals surface area (Å²) in [4.78, 5) is 31.8. The summed E-state index contributed by atoms with van der Waals surface area (Å²) in [6.45, 7) is 2.26. The van der Waals surface area contributed by atoms with E-state index in [1.165, 1.54) is 4.90 Å². The van der Waals surface area contributed by atoms with Crippen molar-refractivity contribution in [3.63, 3.8) is 0 Å². The van der Waals surface area contributed by atoms with Gasteiger partial charge in [-0.15, -0.1) is 0 Å². The molecule has 7 heteroatoms. The molecular formula is C16H20FN3O3. The second-order valence-electron chi connectivity index (χ2n) is 5.90. The van der Waals surface area contributed by atoms with E-state index in [-0.39, 0.29) is 31.8 Å². The minimum Gasteiger partial charge on any atom is -0.378 e. The highest BCUT2D eigenvalue weighted by atomic mass is 19.1. The molecule has 3 heterocycles. The normalized spacial score (nSPS) is 21.1. The smallest absolute Gasteiger partial charge is 0.260 e. The molecule has 23 heavy (non-hydrogen) atoms. The summed E-state index contributed by atoms with van der Waals surface area (Å²) < 4.78 is 20.2. The summed E-state index contributed by atoms with van der Waals surface area (Å²) in [7, 11) is 0. The summed E-state index contributed by atoms with van der Waals surface area (Å²) in [5, 5.41) is 0. The van der Waals surface area contributed by atoms with Crippen LogP contribution in [0.25, 0.3) is 0 Å². The fourth-order valence-corrected chi connectivity index (χ4v) is 3.00. The first-order valence-electron chi connectivity index (χ1n) is 7.85. The van der Waals surface area contributed by atoms with Crippen molar-refractivity contribution in [3.8, 4) is 0 Å². The van der Waals surface area contributed by atoms with Crippen molar-refractivity contribution in [1.82, 2.24) is 14.8 Å². The number of likely N-dealkylation sites (tertiary alicyclic amines) is 1. The minimum atomic E-state index is -1.87. The number of alkyl halides is 1. The third kappa shape index (κ3) is 3.34. The number of rotatable bonds is 2. The number of morpholine rings is 1. The predicted molar refractivity (Wildman–Crippen MR) is 80.6 cm³/mol. The molecule has 0 atom stereocenters. The number of piperidine rings is 1. The van der Waals surface area contributed by atoms with Crippen LogP contribution in [0.5, 0.6) is 0 Å². The molecule has 0 aromatic carbocycles. The molecule has 2 saturated heterocycles. The topological polar surface area (TPSA) is 62.7 Å². The number of hydrogen-bond acceptors (Lipinski definition) is 4. The van der Waals surface area contributed by atoms with Crippen LogP contribution < -0.4 is 0 Å². The molecule has 0 saturated carbocycles. The predicted octanol–water partition coefficient (Wildman–Crippen LogP) is 0.885. The number of ether oxygens (including phenoxy) is 1. The number of hydrogen-bond donors (Lipinski definition) is 0. The number of pyridine rings is 1. The largest absolute Gasteiger partial charge is 0.378 e. The fourth-order valence-electron chi connectivity index (χ4n) is 3.00. The summed E-state index contributed by atoms with van der Waals surface area (Å²) in [5.74, 6) is -0.606. The van der Waals surface area contributed by atoms with Crippen molar-refractivity contribution < 1.29 is 18.7 Å². The Morgan fingerprint density at radius 2 is 1.65 bits per heavy atom. The van der Waals surface area contributed by atoms with Crippen molar-refractivity contribution in [1.29, 1.82) is 0 Å². The Labute approximate surface area is 134 Å². The lowest BCUT2D eigenvalue weighted by Crippen LogP contribution is -2.55. The van der Waals surface area contributed by atoms with Crippen LogP contribution in [0.2, 0.25) is 0 Å². The maximum atomic E-state index is 15.0. The first kappa shape index (κ1) is 15.9. The number of carbonyl (C=O) groups is 2. The molecule has 3 rings (SSSR count). The average molecular weight is 321 g/mol. The van der Waals surface area contributed by atoms with Gasteiger partial charge in [0.15, 0.2) is 5.67 Å². The number of halogens is 1. The lowest BCUT2D eigenvalue weighted by molar-refractivity contribution is -0.151. The Bertz CT molecular complexity index is 567. The van der Waals surface area contributed by atoms with Gasteiger partial charge < -0.3 is 14.5 Å². The molecule has 2 amide bonds. The van der Waals surface area contributed by atoms with Crippen LogP contribution in [0.3, 0.4) is 0 Å². The van der Waals surface area contributed by atoms with E-state index in [4.69, 9.17) is 4.74 Å². The third-order valence-electron chi connectivity index (χ3n) is 4.45. The van der Waals surface area contributed by atoms with Crippen molar-refractivity contribution in [2.75, 3.05) is 39.4 Å². The molecule has 0 N–H and O–H groups in total. The molecule has 0 spiro atoms. The van der Waals surface area contributed by atoms with E-state index >= 15 is 4.39 Å². The Hall–Kier alpha value is -2.02. The molecule has 0 bridgehead atoms. The zero-order chi connectivity index (χ0) is 16.3. The van der Waals surface area contributed by atoms with Gasteiger partial charge in [-0.1, -0.05) is 0 Å². The zero-order valence-electron chi connectivity index (χ0n) is 12.9. The molecule has 0 unspecified atom stereocenters. The van der Waals surface area contributed by atoms with E-state index in [1.54, 1.807) is 29.4 Å². The molecule has 0 aliphatic carbocycles. The van der Waals surface area contributed by atoms with Crippen LogP contribution in [0.15, 0.2) is 24.5 Å². The van der Waals surface area contributed by atoms with E-state index in [2.05, 4.69) is 4.98 Å². The van der Waals surface area contributed by atoms with Crippen LogP contribution in [-0.2, 0) is 9.53 Å². The molecule has 2 aliphatic rings. The first-order valence-corrected chi connectivity index (χ1v) is 7.85. The maximum absolute atomic E-state index is 15.0. The standard InChI is InChI=1S/C16H20FN3O3/c17-16(15(22)20-9-11-23-12-10-20)3-7-19(8-4-16)14(21)13-1-5-18-6-2-13/h1-2,5-6H,3-4,7-12H2. The monoisotopic (exact) mass is 321 g/mol. The van der Waals surface area contributed by atoms with Gasteiger partial charge in [0.05, 0.1) is 13.2 Å². The minimum absolute atomic E-state index is 0.0417. The molecule has 6 nitrogen and oxygen atoms in total. The number of aromatic nitrogens is 1. The summed E-state index contributed by atoms with van der Waals surface area (Å²) in [6, 6.07) is 3.27. The van der Waals surface area contributed by atoms with Gasteiger partial charge >= 0.3 is 0 Å². The number of amides is 2. The Morgan fingerprint density at radius 1 is 1.04 bits per heavy atom. The molecular weight excluding hydrogens is 301 g/mol. The van der Waals surface area contributed by atoms with E-state index in [9.17, 15) is 9.59 Å². The second-order valence-corrected chi connectivity index (χ2v) is 5.90. The maximum Gasteiger partial charge on any atom is 0.260 e. The van der Waals surface area contributed by atoms with Crippen molar-refractivity contribution in [3.05, 3.63) is 30.1 Å². The van der Waals surface area contributed by atoms with Gasteiger partial charge in [-0.3, -0.25) is 14.6 Å². The highest BCUT2D eigenvalue weighted by Gasteiger charge is 2.45. The van der Waals surface area contributed by atoms with E-state index in [0.717, 1.165) is 0 Å². The Kier molecular flexibility index (Phi) is 4.56. The number of carbonyl (C=O) groups excluding carboxylic acids is 2. The molecule has 1 aromatic rings. The van der Waals surface area contributed by atoms with Gasteiger partial charge in [-0.25, -0.2) is 4.39 Å². The molecule has 124 valence electrons. The van der Waals surface area contributed by atoms with Gasteiger partial charge in [0.25, 0.3) is 11.8 Å². The van der Waals surface area contributed by atoms with Crippen molar-refractivity contribution >= 4 is 11.8 Å². The molecule has 2 fully saturated rings. The van der Waals surface area contributed by atoms with Crippen LogP contribution >= 0.6 is 0 Å². The average Bonchev–Trinajstić information content (AvgIpc) is 2.62. The van der Waals surface area contributed by atoms with Crippen LogP contribution in [0.4, 0.5) is 4.39 Å². The first-order chi connectivity index (χ1) is 11.1. The molecule has 2 aliphatic heterocycles. The van der Waals surface area contributed by atoms with Crippen LogP contribution in [0.1, 0.15) is 23.2 Å². The van der Waals surface area contributed by atoms with Gasteiger partial charge in [-0.05, 0) is 12.1 Å². The van der Waals surface area contributed by atoms with E-state index in [0.29, 0.717) is 31.9 Å². The van der Waals surface area contributed by atoms with Crippen molar-refractivity contribution in [2.45, 2.75) is 18.5 Å². The summed E-state index contributed by atoms with van der Waals surface area (Å²) >= 11 is 0. The lowest BCUT2D eigenvalue weighted by atomic mass is 9.91. The fraction of sp³-hybridized carbons (Fsp3) is 0.562. The van der Waals surface area contributed by atoms with Crippen molar-refractivity contribution in [2.24, 2.45) is 0 Å². The highest BCUT2D eigenvalue weighted by molar-refractivity contribution is 5.94. The van der Waals surface area contributed by atoms with Crippen LogP contribution in [-0.4, -0.2) is 71.7 Å². The second kappa shape index (κ2) is 6.62. The van der Waals surface area contributed by atoms with E-state index < -0.39 is 11.6 Å².